The topological polar surface area (TPSA) is 37.3 Å². The van der Waals surface area contributed by atoms with Gasteiger partial charge in [0, 0.05) is 25.0 Å². The van der Waals surface area contributed by atoms with E-state index in [0.717, 1.165) is 6.54 Å². The van der Waals surface area contributed by atoms with Gasteiger partial charge in [-0.3, -0.25) is 0 Å². The Kier molecular flexibility index (Phi) is 4.12. The van der Waals surface area contributed by atoms with Crippen molar-refractivity contribution < 1.29 is 4.79 Å². The van der Waals surface area contributed by atoms with Crippen molar-refractivity contribution in [2.24, 2.45) is 5.92 Å². The third kappa shape index (κ3) is 2.71. The molecule has 1 atom stereocenters. The van der Waals surface area contributed by atoms with Crippen molar-refractivity contribution in [1.82, 2.24) is 9.47 Å². The summed E-state index contributed by atoms with van der Waals surface area (Å²) in [6, 6.07) is 11.4. The predicted molar refractivity (Wildman–Crippen MR) is 89.2 cm³/mol. The van der Waals surface area contributed by atoms with Gasteiger partial charge < -0.3 is 14.8 Å². The van der Waals surface area contributed by atoms with Crippen LogP contribution in [-0.4, -0.2) is 22.0 Å². The molecule has 2 amide bonds. The summed E-state index contributed by atoms with van der Waals surface area (Å²) < 4.78 is 2.23. The summed E-state index contributed by atoms with van der Waals surface area (Å²) in [7, 11) is 0. The van der Waals surface area contributed by atoms with Crippen LogP contribution < -0.4 is 5.32 Å². The van der Waals surface area contributed by atoms with E-state index in [4.69, 9.17) is 11.6 Å². The van der Waals surface area contributed by atoms with E-state index in [1.165, 1.54) is 5.69 Å². The second-order valence-electron chi connectivity index (χ2n) is 5.92. The van der Waals surface area contributed by atoms with Crippen LogP contribution in [0.5, 0.6) is 0 Å². The van der Waals surface area contributed by atoms with Crippen molar-refractivity contribution >= 4 is 23.3 Å². The number of hydrogen-bond acceptors (Lipinski definition) is 1. The third-order valence-electron chi connectivity index (χ3n) is 4.09. The zero-order chi connectivity index (χ0) is 15.7. The van der Waals surface area contributed by atoms with Gasteiger partial charge in [-0.2, -0.15) is 0 Å². The van der Waals surface area contributed by atoms with Gasteiger partial charge in [0.15, 0.2) is 0 Å². The summed E-state index contributed by atoms with van der Waals surface area (Å²) in [5.41, 5.74) is 1.84. The maximum Gasteiger partial charge on any atom is 0.322 e. The summed E-state index contributed by atoms with van der Waals surface area (Å²) in [5, 5.41) is 3.49. The van der Waals surface area contributed by atoms with Crippen molar-refractivity contribution in [1.29, 1.82) is 0 Å². The molecule has 0 bridgehead atoms. The Morgan fingerprint density at radius 2 is 2.00 bits per heavy atom. The summed E-state index contributed by atoms with van der Waals surface area (Å²) in [4.78, 5) is 14.6. The monoisotopic (exact) mass is 317 g/mol. The van der Waals surface area contributed by atoms with Crippen LogP contribution >= 0.6 is 11.6 Å². The number of rotatable bonds is 2. The number of amides is 2. The van der Waals surface area contributed by atoms with Crippen LogP contribution in [0.15, 0.2) is 42.6 Å². The van der Waals surface area contributed by atoms with Gasteiger partial charge in [0.25, 0.3) is 0 Å². The summed E-state index contributed by atoms with van der Waals surface area (Å²) in [6.07, 6.45) is 2.08. The van der Waals surface area contributed by atoms with Gasteiger partial charge in [0.05, 0.1) is 16.8 Å². The minimum absolute atomic E-state index is 0.0752. The van der Waals surface area contributed by atoms with Gasteiger partial charge in [-0.05, 0) is 30.2 Å². The fourth-order valence-electron chi connectivity index (χ4n) is 3.09. The molecule has 22 heavy (non-hydrogen) atoms. The maximum absolute atomic E-state index is 12.7. The first-order chi connectivity index (χ1) is 10.6. The average molecular weight is 318 g/mol. The van der Waals surface area contributed by atoms with Crippen molar-refractivity contribution in [2.45, 2.75) is 26.4 Å². The van der Waals surface area contributed by atoms with E-state index in [-0.39, 0.29) is 12.1 Å². The Bertz CT molecular complexity index is 680. The van der Waals surface area contributed by atoms with Crippen LogP contribution in [0.1, 0.15) is 25.6 Å². The van der Waals surface area contributed by atoms with Crippen molar-refractivity contribution in [2.75, 3.05) is 11.9 Å². The molecule has 1 aromatic heterocycles. The minimum Gasteiger partial charge on any atom is -0.348 e. The SMILES string of the molecule is CC(C)C1c2cccn2CCN1C(=O)Nc1ccccc1Cl. The Hall–Kier alpha value is -1.94. The number of nitrogens with one attached hydrogen (secondary N) is 1. The lowest BCUT2D eigenvalue weighted by atomic mass is 9.97. The number of aromatic nitrogens is 1. The largest absolute Gasteiger partial charge is 0.348 e. The average Bonchev–Trinajstić information content (AvgIpc) is 2.96. The van der Waals surface area contributed by atoms with E-state index < -0.39 is 0 Å². The van der Waals surface area contributed by atoms with Gasteiger partial charge in [-0.1, -0.05) is 37.6 Å². The number of carbonyl (C=O) groups excluding carboxylic acids is 1. The molecule has 116 valence electrons. The molecule has 0 saturated heterocycles. The molecular formula is C17H20ClN3O. The molecule has 4 nitrogen and oxygen atoms in total. The predicted octanol–water partition coefficient (Wildman–Crippen LogP) is 4.39. The molecule has 5 heteroatoms. The maximum atomic E-state index is 12.7. The lowest BCUT2D eigenvalue weighted by Gasteiger charge is -2.39. The lowest BCUT2D eigenvalue weighted by molar-refractivity contribution is 0.144. The number of carbonyl (C=O) groups is 1. The third-order valence-corrected chi connectivity index (χ3v) is 4.42. The number of nitrogens with zero attached hydrogens (tertiary/aromatic N) is 2. The molecule has 2 heterocycles. The molecule has 2 aromatic rings. The first-order valence-corrected chi connectivity index (χ1v) is 7.93. The van der Waals surface area contributed by atoms with Crippen LogP contribution in [0.4, 0.5) is 10.5 Å². The number of urea groups is 1. The normalized spacial score (nSPS) is 17.5. The standard InChI is InChI=1S/C17H20ClN3O/c1-12(2)16-15-8-5-9-20(15)10-11-21(16)17(22)19-14-7-4-3-6-13(14)18/h3-9,12,16H,10-11H2,1-2H3,(H,19,22). The quantitative estimate of drug-likeness (QED) is 0.876. The van der Waals surface area contributed by atoms with E-state index in [1.807, 2.05) is 29.2 Å². The molecule has 0 fully saturated rings. The van der Waals surface area contributed by atoms with E-state index >= 15 is 0 Å². The zero-order valence-electron chi connectivity index (χ0n) is 12.8. The number of benzene rings is 1. The molecule has 0 aliphatic carbocycles. The molecule has 0 spiro atoms. The minimum atomic E-state index is -0.0979. The van der Waals surface area contributed by atoms with E-state index in [9.17, 15) is 4.79 Å². The summed E-state index contributed by atoms with van der Waals surface area (Å²) in [5.74, 6) is 0.339. The van der Waals surface area contributed by atoms with Gasteiger partial charge >= 0.3 is 6.03 Å². The van der Waals surface area contributed by atoms with Gasteiger partial charge in [0.2, 0.25) is 0 Å². The fourth-order valence-corrected chi connectivity index (χ4v) is 3.28. The Morgan fingerprint density at radius 1 is 1.23 bits per heavy atom. The van der Waals surface area contributed by atoms with E-state index in [0.29, 0.717) is 23.2 Å². The second kappa shape index (κ2) is 6.05. The van der Waals surface area contributed by atoms with Crippen molar-refractivity contribution in [3.8, 4) is 0 Å². The summed E-state index contributed by atoms with van der Waals surface area (Å²) in [6.45, 7) is 5.80. The Balaban J connectivity index is 1.84. The van der Waals surface area contributed by atoms with Crippen molar-refractivity contribution in [3.63, 3.8) is 0 Å². The molecule has 1 aliphatic rings. The molecule has 1 unspecified atom stereocenters. The van der Waals surface area contributed by atoms with Gasteiger partial charge in [0.1, 0.15) is 0 Å². The van der Waals surface area contributed by atoms with Gasteiger partial charge in [-0.25, -0.2) is 4.79 Å². The first-order valence-electron chi connectivity index (χ1n) is 7.55. The van der Waals surface area contributed by atoms with Crippen LogP contribution in [-0.2, 0) is 6.54 Å². The molecule has 3 rings (SSSR count). The van der Waals surface area contributed by atoms with Crippen LogP contribution in [0.2, 0.25) is 5.02 Å². The number of hydrogen-bond donors (Lipinski definition) is 1. The Labute approximate surface area is 135 Å². The second-order valence-corrected chi connectivity index (χ2v) is 6.33. The fraction of sp³-hybridized carbons (Fsp3) is 0.353. The number of para-hydroxylation sites is 1. The van der Waals surface area contributed by atoms with Crippen molar-refractivity contribution in [3.05, 3.63) is 53.3 Å². The van der Waals surface area contributed by atoms with Crippen LogP contribution in [0, 0.1) is 5.92 Å². The molecule has 0 saturated carbocycles. The summed E-state index contributed by atoms with van der Waals surface area (Å²) >= 11 is 6.13. The smallest absolute Gasteiger partial charge is 0.322 e. The molecule has 1 N–H and O–H groups in total. The first kappa shape index (κ1) is 15.0. The molecular weight excluding hydrogens is 298 g/mol. The molecule has 1 aliphatic heterocycles. The highest BCUT2D eigenvalue weighted by molar-refractivity contribution is 6.33. The highest BCUT2D eigenvalue weighted by Crippen LogP contribution is 2.33. The lowest BCUT2D eigenvalue weighted by Crippen LogP contribution is -2.45. The highest BCUT2D eigenvalue weighted by atomic mass is 35.5. The molecule has 0 radical (unpaired) electrons. The zero-order valence-corrected chi connectivity index (χ0v) is 13.5. The van der Waals surface area contributed by atoms with E-state index in [1.54, 1.807) is 6.07 Å². The highest BCUT2D eigenvalue weighted by Gasteiger charge is 2.33. The Morgan fingerprint density at radius 3 is 2.73 bits per heavy atom. The number of halogens is 1. The van der Waals surface area contributed by atoms with Gasteiger partial charge in [-0.15, -0.1) is 0 Å². The molecule has 1 aromatic carbocycles. The van der Waals surface area contributed by atoms with Crippen LogP contribution in [0.25, 0.3) is 0 Å². The number of fused-ring (bicyclic) bond motifs is 1. The van der Waals surface area contributed by atoms with Crippen LogP contribution in [0.3, 0.4) is 0 Å². The van der Waals surface area contributed by atoms with E-state index in [2.05, 4.69) is 36.0 Å². The number of anilines is 1.